The maximum Gasteiger partial charge on any atom is 0.243 e. The molecule has 0 aliphatic heterocycles. The van der Waals surface area contributed by atoms with Gasteiger partial charge in [0.05, 0.1) is 12.6 Å². The van der Waals surface area contributed by atoms with Crippen molar-refractivity contribution < 1.29 is 19.5 Å². The van der Waals surface area contributed by atoms with Gasteiger partial charge in [-0.25, -0.2) is 0 Å². The highest BCUT2D eigenvalue weighted by Crippen LogP contribution is 2.08. The van der Waals surface area contributed by atoms with Gasteiger partial charge in [0, 0.05) is 0 Å². The number of aldehydes is 1. The van der Waals surface area contributed by atoms with E-state index in [1.807, 2.05) is 6.92 Å². The van der Waals surface area contributed by atoms with Gasteiger partial charge in [-0.15, -0.1) is 0 Å². The van der Waals surface area contributed by atoms with Crippen molar-refractivity contribution in [3.05, 3.63) is 0 Å². The highest BCUT2D eigenvalue weighted by Gasteiger charge is 2.28. The normalized spacial score (nSPS) is 16.9. The first-order valence-corrected chi connectivity index (χ1v) is 6.30. The summed E-state index contributed by atoms with van der Waals surface area (Å²) in [5.74, 6) is -1.15. The zero-order chi connectivity index (χ0) is 15.0. The van der Waals surface area contributed by atoms with Gasteiger partial charge < -0.3 is 26.3 Å². The van der Waals surface area contributed by atoms with E-state index in [0.717, 1.165) is 0 Å². The fourth-order valence-electron chi connectivity index (χ4n) is 1.42. The van der Waals surface area contributed by atoms with Crippen LogP contribution in [0.25, 0.3) is 0 Å². The standard InChI is InChI=1S/C12H23N3O4/c1-4-7(2)10(12(19)14-5-6-16)15-11(18)9(13)8(3)17/h6-10,17H,4-5,13H2,1-3H3,(H,14,19)(H,15,18)/t7-,8+,9-,10-/m0/s1. The van der Waals surface area contributed by atoms with E-state index < -0.39 is 30.0 Å². The van der Waals surface area contributed by atoms with Crippen molar-refractivity contribution in [3.63, 3.8) is 0 Å². The van der Waals surface area contributed by atoms with E-state index in [2.05, 4.69) is 10.6 Å². The Balaban J connectivity index is 4.72. The summed E-state index contributed by atoms with van der Waals surface area (Å²) in [6, 6.07) is -1.87. The van der Waals surface area contributed by atoms with Crippen LogP contribution in [0.15, 0.2) is 0 Å². The summed E-state index contributed by atoms with van der Waals surface area (Å²) < 4.78 is 0. The third-order valence-corrected chi connectivity index (χ3v) is 2.98. The lowest BCUT2D eigenvalue weighted by atomic mass is 9.97. The topological polar surface area (TPSA) is 122 Å². The molecule has 0 aromatic heterocycles. The Bertz CT molecular complexity index is 320. The third kappa shape index (κ3) is 5.80. The van der Waals surface area contributed by atoms with Crippen LogP contribution >= 0.6 is 0 Å². The largest absolute Gasteiger partial charge is 0.391 e. The molecule has 0 bridgehead atoms. The smallest absolute Gasteiger partial charge is 0.243 e. The van der Waals surface area contributed by atoms with Crippen LogP contribution in [-0.2, 0) is 14.4 Å². The molecule has 0 aromatic rings. The lowest BCUT2D eigenvalue weighted by molar-refractivity contribution is -0.132. The van der Waals surface area contributed by atoms with Gasteiger partial charge in [0.2, 0.25) is 11.8 Å². The van der Waals surface area contributed by atoms with Crippen LogP contribution in [0.3, 0.4) is 0 Å². The molecular weight excluding hydrogens is 250 g/mol. The second-order valence-corrected chi connectivity index (χ2v) is 4.55. The number of carbonyl (C=O) groups excluding carboxylic acids is 3. The minimum absolute atomic E-state index is 0.107. The van der Waals surface area contributed by atoms with E-state index in [4.69, 9.17) is 5.73 Å². The second-order valence-electron chi connectivity index (χ2n) is 4.55. The molecule has 0 radical (unpaired) electrons. The molecule has 7 nitrogen and oxygen atoms in total. The van der Waals surface area contributed by atoms with Crippen molar-refractivity contribution in [1.82, 2.24) is 10.6 Å². The Morgan fingerprint density at radius 3 is 2.32 bits per heavy atom. The van der Waals surface area contributed by atoms with Crippen LogP contribution in [0, 0.1) is 5.92 Å². The lowest BCUT2D eigenvalue weighted by Gasteiger charge is -2.25. The van der Waals surface area contributed by atoms with Crippen molar-refractivity contribution in [1.29, 1.82) is 0 Å². The molecule has 4 atom stereocenters. The fraction of sp³-hybridized carbons (Fsp3) is 0.750. The Hall–Kier alpha value is -1.47. The molecule has 2 amide bonds. The highest BCUT2D eigenvalue weighted by molar-refractivity contribution is 5.90. The molecule has 0 aromatic carbocycles. The number of nitrogens with one attached hydrogen (secondary N) is 2. The van der Waals surface area contributed by atoms with E-state index in [1.54, 1.807) is 6.92 Å². The molecule has 5 N–H and O–H groups in total. The van der Waals surface area contributed by atoms with Gasteiger partial charge in [0.1, 0.15) is 18.4 Å². The Morgan fingerprint density at radius 1 is 1.32 bits per heavy atom. The van der Waals surface area contributed by atoms with Gasteiger partial charge in [0.25, 0.3) is 0 Å². The second kappa shape index (κ2) is 8.60. The van der Waals surface area contributed by atoms with Crippen molar-refractivity contribution in [3.8, 4) is 0 Å². The number of nitrogens with two attached hydrogens (primary N) is 1. The summed E-state index contributed by atoms with van der Waals surface area (Å²) in [7, 11) is 0. The number of aliphatic hydroxyl groups is 1. The molecule has 0 fully saturated rings. The molecule has 0 spiro atoms. The van der Waals surface area contributed by atoms with Gasteiger partial charge in [-0.3, -0.25) is 9.59 Å². The minimum atomic E-state index is -1.09. The maximum atomic E-state index is 11.8. The third-order valence-electron chi connectivity index (χ3n) is 2.98. The van der Waals surface area contributed by atoms with Crippen LogP contribution in [0.2, 0.25) is 0 Å². The molecule has 110 valence electrons. The molecule has 0 saturated heterocycles. The summed E-state index contributed by atoms with van der Waals surface area (Å²) in [4.78, 5) is 33.8. The number of amides is 2. The van der Waals surface area contributed by atoms with E-state index >= 15 is 0 Å². The van der Waals surface area contributed by atoms with Gasteiger partial charge in [-0.05, 0) is 12.8 Å². The molecule has 19 heavy (non-hydrogen) atoms. The molecule has 0 rings (SSSR count). The number of carbonyl (C=O) groups is 3. The molecule has 0 aliphatic carbocycles. The number of aliphatic hydroxyl groups excluding tert-OH is 1. The summed E-state index contributed by atoms with van der Waals surface area (Å²) in [6.07, 6.45) is 0.230. The summed E-state index contributed by atoms with van der Waals surface area (Å²) in [5, 5.41) is 14.1. The number of hydrogen-bond donors (Lipinski definition) is 4. The average molecular weight is 273 g/mol. The monoisotopic (exact) mass is 273 g/mol. The van der Waals surface area contributed by atoms with Crippen LogP contribution < -0.4 is 16.4 Å². The SMILES string of the molecule is CC[C@H](C)[C@H](NC(=O)[C@@H](N)[C@@H](C)O)C(=O)NCC=O. The average Bonchev–Trinajstić information content (AvgIpc) is 2.39. The predicted octanol–water partition coefficient (Wildman–Crippen LogP) is -1.46. The molecule has 0 heterocycles. The molecule has 7 heteroatoms. The molecular formula is C12H23N3O4. The predicted molar refractivity (Wildman–Crippen MR) is 70.1 cm³/mol. The summed E-state index contributed by atoms with van der Waals surface area (Å²) >= 11 is 0. The Labute approximate surface area is 112 Å². The van der Waals surface area contributed by atoms with Crippen molar-refractivity contribution >= 4 is 18.1 Å². The minimum Gasteiger partial charge on any atom is -0.391 e. The summed E-state index contributed by atoms with van der Waals surface area (Å²) in [5.41, 5.74) is 5.50. The first-order valence-electron chi connectivity index (χ1n) is 6.30. The number of rotatable bonds is 8. The van der Waals surface area contributed by atoms with E-state index in [9.17, 15) is 19.5 Å². The van der Waals surface area contributed by atoms with E-state index in [0.29, 0.717) is 12.7 Å². The molecule has 0 aliphatic rings. The van der Waals surface area contributed by atoms with Crippen LogP contribution in [0.1, 0.15) is 27.2 Å². The summed E-state index contributed by atoms with van der Waals surface area (Å²) in [6.45, 7) is 4.98. The van der Waals surface area contributed by atoms with Crippen molar-refractivity contribution in [2.24, 2.45) is 11.7 Å². The highest BCUT2D eigenvalue weighted by atomic mass is 16.3. The van der Waals surface area contributed by atoms with Crippen LogP contribution in [0.4, 0.5) is 0 Å². The van der Waals surface area contributed by atoms with Crippen LogP contribution in [0.5, 0.6) is 0 Å². The van der Waals surface area contributed by atoms with Crippen molar-refractivity contribution in [2.45, 2.75) is 45.4 Å². The zero-order valence-corrected chi connectivity index (χ0v) is 11.6. The van der Waals surface area contributed by atoms with E-state index in [-0.39, 0.29) is 12.5 Å². The quantitative estimate of drug-likeness (QED) is 0.403. The zero-order valence-electron chi connectivity index (χ0n) is 11.6. The first-order chi connectivity index (χ1) is 8.84. The number of hydrogen-bond acceptors (Lipinski definition) is 5. The van der Waals surface area contributed by atoms with Gasteiger partial charge in [0.15, 0.2) is 0 Å². The van der Waals surface area contributed by atoms with Gasteiger partial charge >= 0.3 is 0 Å². The van der Waals surface area contributed by atoms with Gasteiger partial charge in [-0.1, -0.05) is 20.3 Å². The van der Waals surface area contributed by atoms with Crippen molar-refractivity contribution in [2.75, 3.05) is 6.54 Å². The molecule has 0 saturated carbocycles. The Morgan fingerprint density at radius 2 is 1.89 bits per heavy atom. The van der Waals surface area contributed by atoms with E-state index in [1.165, 1.54) is 6.92 Å². The van der Waals surface area contributed by atoms with Gasteiger partial charge in [-0.2, -0.15) is 0 Å². The maximum absolute atomic E-state index is 11.8. The lowest BCUT2D eigenvalue weighted by Crippen LogP contribution is -2.56. The Kier molecular flexibility index (Phi) is 7.94. The molecule has 0 unspecified atom stereocenters. The fourth-order valence-corrected chi connectivity index (χ4v) is 1.42. The first kappa shape index (κ1) is 17.5. The van der Waals surface area contributed by atoms with Crippen LogP contribution in [-0.4, -0.2) is 47.9 Å².